The molecule has 3 rings (SSSR count). The molecule has 0 spiro atoms. The van der Waals surface area contributed by atoms with E-state index in [1.54, 1.807) is 17.0 Å². The number of hydrogen-bond donors (Lipinski definition) is 1. The SMILES string of the molecule is COC(=O)c1ccc(C(=S)N2CC[NH+](Cc3ccccc3)CC2)cc1. The molecular formula is C20H23N2O2S+. The number of ether oxygens (including phenoxy) is 1. The van der Waals surface area contributed by atoms with Crippen LogP contribution in [0.3, 0.4) is 0 Å². The Labute approximate surface area is 154 Å². The molecule has 0 unspecified atom stereocenters. The molecular weight excluding hydrogens is 332 g/mol. The number of esters is 1. The average Bonchev–Trinajstić information content (AvgIpc) is 2.68. The van der Waals surface area contributed by atoms with Crippen LogP contribution in [0.1, 0.15) is 21.5 Å². The first-order valence-corrected chi connectivity index (χ1v) is 8.93. The maximum Gasteiger partial charge on any atom is 0.337 e. The Balaban J connectivity index is 1.55. The first kappa shape index (κ1) is 17.6. The molecule has 2 aromatic carbocycles. The third-order valence-corrected chi connectivity index (χ3v) is 5.10. The minimum Gasteiger partial charge on any atom is -0.465 e. The van der Waals surface area contributed by atoms with Gasteiger partial charge in [0.15, 0.2) is 0 Å². The lowest BCUT2D eigenvalue weighted by atomic mass is 10.1. The summed E-state index contributed by atoms with van der Waals surface area (Å²) in [5, 5.41) is 0. The molecule has 1 aliphatic rings. The number of carbonyl (C=O) groups excluding carboxylic acids is 1. The van der Waals surface area contributed by atoms with E-state index in [2.05, 4.69) is 35.2 Å². The van der Waals surface area contributed by atoms with E-state index in [0.717, 1.165) is 43.3 Å². The van der Waals surface area contributed by atoms with Gasteiger partial charge >= 0.3 is 5.97 Å². The molecule has 0 radical (unpaired) electrons. The van der Waals surface area contributed by atoms with Crippen molar-refractivity contribution in [3.63, 3.8) is 0 Å². The molecule has 130 valence electrons. The number of carbonyl (C=O) groups is 1. The van der Waals surface area contributed by atoms with Gasteiger partial charge < -0.3 is 14.5 Å². The van der Waals surface area contributed by atoms with Crippen LogP contribution in [0.15, 0.2) is 54.6 Å². The second kappa shape index (κ2) is 8.23. The fraction of sp³-hybridized carbons (Fsp3) is 0.300. The minimum atomic E-state index is -0.324. The van der Waals surface area contributed by atoms with Crippen LogP contribution in [0.2, 0.25) is 0 Å². The summed E-state index contributed by atoms with van der Waals surface area (Å²) in [4.78, 5) is 16.2. The summed E-state index contributed by atoms with van der Waals surface area (Å²) in [7, 11) is 1.39. The van der Waals surface area contributed by atoms with E-state index < -0.39 is 0 Å². The van der Waals surface area contributed by atoms with E-state index in [0.29, 0.717) is 5.56 Å². The summed E-state index contributed by atoms with van der Waals surface area (Å²) < 4.78 is 4.73. The van der Waals surface area contributed by atoms with Crippen LogP contribution < -0.4 is 4.90 Å². The van der Waals surface area contributed by atoms with Crippen molar-refractivity contribution in [3.05, 3.63) is 71.3 Å². The fourth-order valence-corrected chi connectivity index (χ4v) is 3.46. The summed E-state index contributed by atoms with van der Waals surface area (Å²) in [6.07, 6.45) is 0. The van der Waals surface area contributed by atoms with Gasteiger partial charge in [0.1, 0.15) is 11.5 Å². The van der Waals surface area contributed by atoms with Gasteiger partial charge in [0, 0.05) is 11.1 Å². The first-order chi connectivity index (χ1) is 12.2. The number of thiocarbonyl (C=S) groups is 1. The average molecular weight is 355 g/mol. The molecule has 1 N–H and O–H groups in total. The molecule has 0 amide bonds. The summed E-state index contributed by atoms with van der Waals surface area (Å²) >= 11 is 5.65. The lowest BCUT2D eigenvalue weighted by Crippen LogP contribution is -3.13. The number of methoxy groups -OCH3 is 1. The van der Waals surface area contributed by atoms with Crippen molar-refractivity contribution in [2.75, 3.05) is 33.3 Å². The van der Waals surface area contributed by atoms with Crippen molar-refractivity contribution in [1.82, 2.24) is 4.90 Å². The summed E-state index contributed by atoms with van der Waals surface area (Å²) in [6, 6.07) is 18.0. The van der Waals surface area contributed by atoms with Crippen molar-refractivity contribution < 1.29 is 14.4 Å². The smallest absolute Gasteiger partial charge is 0.337 e. The maximum atomic E-state index is 11.5. The number of nitrogens with one attached hydrogen (secondary N) is 1. The molecule has 1 saturated heterocycles. The van der Waals surface area contributed by atoms with Gasteiger partial charge in [-0.2, -0.15) is 0 Å². The van der Waals surface area contributed by atoms with E-state index in [1.807, 2.05) is 12.1 Å². The summed E-state index contributed by atoms with van der Waals surface area (Å²) in [5.74, 6) is -0.324. The number of quaternary nitrogens is 1. The molecule has 1 heterocycles. The Kier molecular flexibility index (Phi) is 5.79. The van der Waals surface area contributed by atoms with E-state index in [4.69, 9.17) is 17.0 Å². The van der Waals surface area contributed by atoms with Gasteiger partial charge in [-0.15, -0.1) is 0 Å². The highest BCUT2D eigenvalue weighted by atomic mass is 32.1. The molecule has 25 heavy (non-hydrogen) atoms. The van der Waals surface area contributed by atoms with Crippen molar-refractivity contribution in [1.29, 1.82) is 0 Å². The Bertz CT molecular complexity index is 723. The van der Waals surface area contributed by atoms with Crippen LogP contribution in [0.4, 0.5) is 0 Å². The molecule has 0 aromatic heterocycles. The number of hydrogen-bond acceptors (Lipinski definition) is 3. The van der Waals surface area contributed by atoms with Crippen LogP contribution in [0.5, 0.6) is 0 Å². The van der Waals surface area contributed by atoms with Crippen molar-refractivity contribution in [2.45, 2.75) is 6.54 Å². The number of benzene rings is 2. The van der Waals surface area contributed by atoms with Crippen LogP contribution in [-0.2, 0) is 11.3 Å². The predicted molar refractivity (Wildman–Crippen MR) is 102 cm³/mol. The third-order valence-electron chi connectivity index (χ3n) is 4.61. The first-order valence-electron chi connectivity index (χ1n) is 8.52. The fourth-order valence-electron chi connectivity index (χ4n) is 3.14. The standard InChI is InChI=1S/C20H22N2O2S/c1-24-20(23)18-9-7-17(8-10-18)19(25)22-13-11-21(12-14-22)15-16-5-3-2-4-6-16/h2-10H,11-15H2,1H3/p+1. The van der Waals surface area contributed by atoms with Crippen LogP contribution in [-0.4, -0.2) is 49.1 Å². The van der Waals surface area contributed by atoms with Gasteiger partial charge in [-0.05, 0) is 12.1 Å². The molecule has 2 aromatic rings. The largest absolute Gasteiger partial charge is 0.465 e. The summed E-state index contributed by atoms with van der Waals surface area (Å²) in [6.45, 7) is 5.14. The highest BCUT2D eigenvalue weighted by Crippen LogP contribution is 2.10. The van der Waals surface area contributed by atoms with Crippen LogP contribution in [0.25, 0.3) is 0 Å². The van der Waals surface area contributed by atoms with E-state index >= 15 is 0 Å². The monoisotopic (exact) mass is 355 g/mol. The predicted octanol–water partition coefficient (Wildman–Crippen LogP) is 1.55. The minimum absolute atomic E-state index is 0.324. The van der Waals surface area contributed by atoms with Gasteiger partial charge in [0.25, 0.3) is 0 Å². The van der Waals surface area contributed by atoms with E-state index in [1.165, 1.54) is 12.7 Å². The number of nitrogens with zero attached hydrogens (tertiary/aromatic N) is 1. The molecule has 5 heteroatoms. The second-order valence-electron chi connectivity index (χ2n) is 6.27. The Morgan fingerprint density at radius 1 is 1.04 bits per heavy atom. The molecule has 1 fully saturated rings. The maximum absolute atomic E-state index is 11.5. The molecule has 0 bridgehead atoms. The van der Waals surface area contributed by atoms with Gasteiger partial charge in [-0.3, -0.25) is 0 Å². The lowest BCUT2D eigenvalue weighted by Gasteiger charge is -2.34. The van der Waals surface area contributed by atoms with Crippen LogP contribution >= 0.6 is 12.2 Å². The Morgan fingerprint density at radius 2 is 1.64 bits per heavy atom. The quantitative estimate of drug-likeness (QED) is 0.667. The van der Waals surface area contributed by atoms with Crippen LogP contribution in [0, 0.1) is 0 Å². The number of piperazine rings is 1. The van der Waals surface area contributed by atoms with E-state index in [9.17, 15) is 4.79 Å². The molecule has 0 aliphatic carbocycles. The normalized spacial score (nSPS) is 15.0. The second-order valence-corrected chi connectivity index (χ2v) is 6.66. The zero-order valence-corrected chi connectivity index (χ0v) is 15.2. The van der Waals surface area contributed by atoms with Gasteiger partial charge in [-0.1, -0.05) is 54.7 Å². The van der Waals surface area contributed by atoms with Crippen molar-refractivity contribution in [2.24, 2.45) is 0 Å². The zero-order valence-electron chi connectivity index (χ0n) is 14.4. The molecule has 0 atom stereocenters. The lowest BCUT2D eigenvalue weighted by molar-refractivity contribution is -0.917. The zero-order chi connectivity index (χ0) is 17.6. The highest BCUT2D eigenvalue weighted by Gasteiger charge is 2.22. The molecule has 1 aliphatic heterocycles. The summed E-state index contributed by atoms with van der Waals surface area (Å²) in [5.41, 5.74) is 2.91. The van der Waals surface area contributed by atoms with Crippen molar-refractivity contribution in [3.8, 4) is 0 Å². The van der Waals surface area contributed by atoms with Gasteiger partial charge in [-0.25, -0.2) is 4.79 Å². The topological polar surface area (TPSA) is 34.0 Å². The molecule has 4 nitrogen and oxygen atoms in total. The van der Waals surface area contributed by atoms with Gasteiger partial charge in [0.05, 0.1) is 38.9 Å². The Morgan fingerprint density at radius 3 is 2.24 bits per heavy atom. The Hall–Kier alpha value is -2.24. The number of rotatable bonds is 4. The van der Waals surface area contributed by atoms with Crippen molar-refractivity contribution >= 4 is 23.2 Å². The molecule has 0 saturated carbocycles. The van der Waals surface area contributed by atoms with E-state index in [-0.39, 0.29) is 5.97 Å². The highest BCUT2D eigenvalue weighted by molar-refractivity contribution is 7.80. The third kappa shape index (κ3) is 4.44. The van der Waals surface area contributed by atoms with Gasteiger partial charge in [0.2, 0.25) is 0 Å².